The molecule has 0 fully saturated rings. The smallest absolute Gasteiger partial charge is 0.512 e. The first-order valence-corrected chi connectivity index (χ1v) is 0.671. The van der Waals surface area contributed by atoms with Gasteiger partial charge in [-0.3, -0.25) is 0 Å². The molecule has 0 N–H and O–H groups in total. The van der Waals surface area contributed by atoms with Crippen LogP contribution >= 0.6 is 0 Å². The standard InChI is InChI=1S/3CN.3K/c3*1-2;;;/q3*-1;3*+1. The third kappa shape index (κ3) is 87.7. The Labute approximate surface area is 183 Å². The van der Waals surface area contributed by atoms with Gasteiger partial charge in [0.1, 0.15) is 0 Å². The van der Waals surface area contributed by atoms with Crippen molar-refractivity contribution in [3.63, 3.8) is 0 Å². The molecule has 0 bridgehead atoms. The quantitative estimate of drug-likeness (QED) is 0.285. The topological polar surface area (TPSA) is 71.4 Å². The second-order valence-electron chi connectivity index (χ2n) is 0. The molecule has 0 radical (unpaired) electrons. The van der Waals surface area contributed by atoms with E-state index >= 15 is 0 Å². The molecule has 0 aliphatic carbocycles. The van der Waals surface area contributed by atoms with Gasteiger partial charge in [-0.1, -0.05) is 0 Å². The second-order valence-corrected chi connectivity index (χ2v) is 0. The Morgan fingerprint density at radius 2 is 0.444 bits per heavy atom. The van der Waals surface area contributed by atoms with E-state index in [1.54, 1.807) is 0 Å². The number of hydrogen-bond donors (Lipinski definition) is 0. The maximum absolute atomic E-state index is 6.25. The summed E-state index contributed by atoms with van der Waals surface area (Å²) in [6.45, 7) is 14.2. The van der Waals surface area contributed by atoms with Gasteiger partial charge in [0.25, 0.3) is 0 Å². The molecule has 0 heterocycles. The molecule has 0 aliphatic heterocycles. The van der Waals surface area contributed by atoms with Crippen molar-refractivity contribution >= 4 is 0 Å². The molecule has 0 aromatic heterocycles. The normalized spacial score (nSPS) is 0.667. The minimum atomic E-state index is 0. The number of nitrogens with zero attached hydrogens (tertiary/aromatic N) is 3. The number of rotatable bonds is 0. The van der Waals surface area contributed by atoms with E-state index < -0.39 is 0 Å². The average Bonchev–Trinajstić information content (AvgIpc) is 1.81. The van der Waals surface area contributed by atoms with Gasteiger partial charge in [0.05, 0.1) is 0 Å². The van der Waals surface area contributed by atoms with Crippen LogP contribution in [0.25, 0.3) is 0 Å². The van der Waals surface area contributed by atoms with E-state index in [1.165, 1.54) is 0 Å². The minimum absolute atomic E-state index is 0. The van der Waals surface area contributed by atoms with Crippen molar-refractivity contribution < 1.29 is 154 Å². The SMILES string of the molecule is [C-]#N.[C-]#N.[C-]#N.[K+].[K+].[K+]. The first kappa shape index (κ1) is 39.4. The summed E-state index contributed by atoms with van der Waals surface area (Å²) in [7, 11) is 0. The van der Waals surface area contributed by atoms with Gasteiger partial charge < -0.3 is 35.5 Å². The van der Waals surface area contributed by atoms with Crippen LogP contribution in [0.15, 0.2) is 0 Å². The van der Waals surface area contributed by atoms with Gasteiger partial charge in [-0.2, -0.15) is 0 Å². The van der Waals surface area contributed by atoms with Gasteiger partial charge in [-0.05, 0) is 0 Å². The summed E-state index contributed by atoms with van der Waals surface area (Å²) < 4.78 is 0. The maximum Gasteiger partial charge on any atom is 1.00 e. The first-order valence-electron chi connectivity index (χ1n) is 0.671. The summed E-state index contributed by atoms with van der Waals surface area (Å²) in [6.07, 6.45) is 0. The monoisotopic (exact) mass is 195 g/mol. The molecule has 0 unspecified atom stereocenters. The van der Waals surface area contributed by atoms with E-state index in [-0.39, 0.29) is 154 Å². The molecule has 0 amide bonds. The molecule has 0 saturated carbocycles. The molecule has 6 heteroatoms. The van der Waals surface area contributed by atoms with Crippen LogP contribution in [0.3, 0.4) is 0 Å². The predicted molar refractivity (Wildman–Crippen MR) is 14.9 cm³/mol. The summed E-state index contributed by atoms with van der Waals surface area (Å²) >= 11 is 0. The summed E-state index contributed by atoms with van der Waals surface area (Å²) in [6, 6.07) is 0. The average molecular weight is 195 g/mol. The van der Waals surface area contributed by atoms with E-state index in [0.717, 1.165) is 0 Å². The molecule has 0 saturated heterocycles. The molecule has 0 aromatic rings. The van der Waals surface area contributed by atoms with Crippen LogP contribution in [0.4, 0.5) is 0 Å². The van der Waals surface area contributed by atoms with Crippen LogP contribution < -0.4 is 154 Å². The van der Waals surface area contributed by atoms with Crippen LogP contribution in [-0.4, -0.2) is 0 Å². The van der Waals surface area contributed by atoms with Crippen molar-refractivity contribution in [1.82, 2.24) is 0 Å². The van der Waals surface area contributed by atoms with Crippen molar-refractivity contribution in [2.24, 2.45) is 0 Å². The van der Waals surface area contributed by atoms with E-state index in [2.05, 4.69) is 0 Å². The third-order valence-electron chi connectivity index (χ3n) is 0. The summed E-state index contributed by atoms with van der Waals surface area (Å²) in [4.78, 5) is 0. The largest absolute Gasteiger partial charge is 1.00 e. The van der Waals surface area contributed by atoms with Gasteiger partial charge in [0.15, 0.2) is 0 Å². The molecular weight excluding hydrogens is 195 g/mol. The Hall–Kier alpha value is 3.38. The van der Waals surface area contributed by atoms with E-state index in [9.17, 15) is 0 Å². The zero-order chi connectivity index (χ0) is 6.00. The van der Waals surface area contributed by atoms with Gasteiger partial charge in [0.2, 0.25) is 0 Å². The molecule has 0 aromatic carbocycles. The second kappa shape index (κ2) is 107. The van der Waals surface area contributed by atoms with Crippen LogP contribution in [-0.2, 0) is 0 Å². The molecule has 3 nitrogen and oxygen atoms in total. The van der Waals surface area contributed by atoms with Crippen LogP contribution in [0.2, 0.25) is 0 Å². The Morgan fingerprint density at radius 3 is 0.444 bits per heavy atom. The summed E-state index contributed by atoms with van der Waals surface area (Å²) in [5, 5.41) is 18.8. The maximum atomic E-state index is 6.25. The van der Waals surface area contributed by atoms with Crippen LogP contribution in [0.1, 0.15) is 0 Å². The number of hydrogen-bond acceptors (Lipinski definition) is 3. The van der Waals surface area contributed by atoms with Gasteiger partial charge in [0, 0.05) is 0 Å². The van der Waals surface area contributed by atoms with Crippen LogP contribution in [0.5, 0.6) is 0 Å². The van der Waals surface area contributed by atoms with Crippen molar-refractivity contribution in [2.45, 2.75) is 0 Å². The molecule has 30 valence electrons. The molecule has 9 heavy (non-hydrogen) atoms. The fraction of sp³-hybridized carbons (Fsp3) is 0. The van der Waals surface area contributed by atoms with Crippen molar-refractivity contribution in [3.8, 4) is 0 Å². The summed E-state index contributed by atoms with van der Waals surface area (Å²) in [5.74, 6) is 0. The molecular formula is C3K3N3. The van der Waals surface area contributed by atoms with Crippen LogP contribution in [0, 0.1) is 35.5 Å². The minimum Gasteiger partial charge on any atom is -0.512 e. The van der Waals surface area contributed by atoms with E-state index in [0.29, 0.717) is 0 Å². The van der Waals surface area contributed by atoms with Gasteiger partial charge in [-0.25, -0.2) is 0 Å². The molecule has 0 spiro atoms. The van der Waals surface area contributed by atoms with E-state index in [4.69, 9.17) is 35.5 Å². The van der Waals surface area contributed by atoms with Crippen molar-refractivity contribution in [1.29, 1.82) is 15.8 Å². The van der Waals surface area contributed by atoms with Gasteiger partial charge in [-0.15, -0.1) is 0 Å². The molecule has 0 rings (SSSR count). The fourth-order valence-electron chi connectivity index (χ4n) is 0. The zero-order valence-electron chi connectivity index (χ0n) is 5.84. The summed E-state index contributed by atoms with van der Waals surface area (Å²) in [5.41, 5.74) is 0. The van der Waals surface area contributed by atoms with Crippen molar-refractivity contribution in [3.05, 3.63) is 19.7 Å². The Bertz CT molecular complexity index is 42.8. The van der Waals surface area contributed by atoms with Crippen molar-refractivity contribution in [2.75, 3.05) is 0 Å². The van der Waals surface area contributed by atoms with E-state index in [1.807, 2.05) is 0 Å². The first-order chi connectivity index (χ1) is 3.00. The Kier molecular flexibility index (Phi) is 470. The van der Waals surface area contributed by atoms with Gasteiger partial charge >= 0.3 is 154 Å². The fourth-order valence-corrected chi connectivity index (χ4v) is 0. The molecule has 0 atom stereocenters. The third-order valence-corrected chi connectivity index (χ3v) is 0. The Balaban J connectivity index is -0.00000000321. The zero-order valence-corrected chi connectivity index (χ0v) is 15.2. The predicted octanol–water partition coefficient (Wildman–Crippen LogP) is -8.70. The Morgan fingerprint density at radius 1 is 0.444 bits per heavy atom. The molecule has 0 aliphatic rings.